The second-order valence-electron chi connectivity index (χ2n) is 5.79. The maximum Gasteiger partial charge on any atom is 0.315 e. The largest absolute Gasteiger partial charge is 0.481 e. The van der Waals surface area contributed by atoms with Crippen molar-refractivity contribution in [2.24, 2.45) is 5.92 Å². The Bertz CT molecular complexity index is 325. The molecule has 19 heavy (non-hydrogen) atoms. The van der Waals surface area contributed by atoms with Gasteiger partial charge in [-0.2, -0.15) is 0 Å². The van der Waals surface area contributed by atoms with Gasteiger partial charge in [-0.1, -0.05) is 32.1 Å². The Balaban J connectivity index is 1.78. The van der Waals surface area contributed by atoms with Crippen LogP contribution in [0.4, 0.5) is 4.79 Å². The normalized spacial score (nSPS) is 28.6. The van der Waals surface area contributed by atoms with Gasteiger partial charge in [-0.25, -0.2) is 4.79 Å². The highest BCUT2D eigenvalue weighted by molar-refractivity contribution is 5.77. The van der Waals surface area contributed by atoms with Gasteiger partial charge in [-0.3, -0.25) is 4.79 Å². The van der Waals surface area contributed by atoms with Gasteiger partial charge in [-0.05, 0) is 25.7 Å². The summed E-state index contributed by atoms with van der Waals surface area (Å²) in [6.45, 7) is 0. The molecular formula is C14H24N2O3. The molecule has 3 N–H and O–H groups in total. The fraction of sp³-hybridized carbons (Fsp3) is 0.857. The zero-order valence-corrected chi connectivity index (χ0v) is 11.4. The van der Waals surface area contributed by atoms with E-state index in [0.29, 0.717) is 6.42 Å². The summed E-state index contributed by atoms with van der Waals surface area (Å²) in [6, 6.07) is -0.138. The van der Waals surface area contributed by atoms with E-state index in [-0.39, 0.29) is 18.1 Å². The van der Waals surface area contributed by atoms with Crippen LogP contribution in [0.3, 0.4) is 0 Å². The number of carboxylic acids is 1. The first-order valence-corrected chi connectivity index (χ1v) is 7.46. The molecule has 0 aliphatic heterocycles. The van der Waals surface area contributed by atoms with Gasteiger partial charge in [0.05, 0.1) is 5.92 Å². The predicted molar refractivity (Wildman–Crippen MR) is 71.9 cm³/mol. The van der Waals surface area contributed by atoms with Gasteiger partial charge >= 0.3 is 12.0 Å². The lowest BCUT2D eigenvalue weighted by Crippen LogP contribution is -2.48. The number of hydrogen-bond acceptors (Lipinski definition) is 2. The maximum atomic E-state index is 11.9. The van der Waals surface area contributed by atoms with Crippen LogP contribution in [0.25, 0.3) is 0 Å². The molecular weight excluding hydrogens is 244 g/mol. The highest BCUT2D eigenvalue weighted by Crippen LogP contribution is 2.25. The van der Waals surface area contributed by atoms with Crippen molar-refractivity contribution in [1.29, 1.82) is 0 Å². The van der Waals surface area contributed by atoms with Crippen LogP contribution in [0.1, 0.15) is 57.8 Å². The van der Waals surface area contributed by atoms with Crippen molar-refractivity contribution in [1.82, 2.24) is 10.6 Å². The Kier molecular flexibility index (Phi) is 5.05. The lowest BCUT2D eigenvalue weighted by Gasteiger charge is -2.21. The van der Waals surface area contributed by atoms with Gasteiger partial charge < -0.3 is 15.7 Å². The molecule has 0 aromatic rings. The monoisotopic (exact) mass is 268 g/mol. The highest BCUT2D eigenvalue weighted by atomic mass is 16.4. The highest BCUT2D eigenvalue weighted by Gasteiger charge is 2.34. The lowest BCUT2D eigenvalue weighted by molar-refractivity contribution is -0.142. The van der Waals surface area contributed by atoms with Crippen LogP contribution in [0.15, 0.2) is 0 Å². The summed E-state index contributed by atoms with van der Waals surface area (Å²) in [5.41, 5.74) is 0. The fourth-order valence-corrected chi connectivity index (χ4v) is 3.25. The van der Waals surface area contributed by atoms with Crippen molar-refractivity contribution in [2.45, 2.75) is 69.9 Å². The van der Waals surface area contributed by atoms with Gasteiger partial charge in [0, 0.05) is 12.1 Å². The minimum atomic E-state index is -0.794. The summed E-state index contributed by atoms with van der Waals surface area (Å²) < 4.78 is 0. The topological polar surface area (TPSA) is 78.4 Å². The van der Waals surface area contributed by atoms with E-state index in [1.165, 1.54) is 25.7 Å². The van der Waals surface area contributed by atoms with Crippen LogP contribution < -0.4 is 10.6 Å². The third kappa shape index (κ3) is 4.11. The van der Waals surface area contributed by atoms with Crippen LogP contribution in [-0.2, 0) is 4.79 Å². The second-order valence-corrected chi connectivity index (χ2v) is 5.79. The number of hydrogen-bond donors (Lipinski definition) is 3. The van der Waals surface area contributed by atoms with Crippen LogP contribution in [-0.4, -0.2) is 29.2 Å². The first-order valence-electron chi connectivity index (χ1n) is 7.46. The molecule has 5 heteroatoms. The molecule has 2 fully saturated rings. The molecule has 108 valence electrons. The number of amides is 2. The third-order valence-electron chi connectivity index (χ3n) is 4.34. The molecule has 5 nitrogen and oxygen atoms in total. The molecule has 0 aromatic heterocycles. The number of carbonyl (C=O) groups is 2. The number of nitrogens with one attached hydrogen (secondary N) is 2. The number of carbonyl (C=O) groups excluding carboxylic acids is 1. The number of carboxylic acid groups (broad SMARTS) is 1. The molecule has 2 rings (SSSR count). The average molecular weight is 268 g/mol. The zero-order valence-electron chi connectivity index (χ0n) is 11.4. The van der Waals surface area contributed by atoms with E-state index in [1.54, 1.807) is 0 Å². The molecule has 0 aromatic carbocycles. The van der Waals surface area contributed by atoms with Gasteiger partial charge in [0.15, 0.2) is 0 Å². The van der Waals surface area contributed by atoms with E-state index in [9.17, 15) is 9.59 Å². The minimum Gasteiger partial charge on any atom is -0.481 e. The molecule has 0 radical (unpaired) electrons. The Morgan fingerprint density at radius 2 is 1.53 bits per heavy atom. The van der Waals surface area contributed by atoms with E-state index in [1.807, 2.05) is 0 Å². The summed E-state index contributed by atoms with van der Waals surface area (Å²) in [7, 11) is 0. The third-order valence-corrected chi connectivity index (χ3v) is 4.34. The van der Waals surface area contributed by atoms with Crippen molar-refractivity contribution in [3.05, 3.63) is 0 Å². The van der Waals surface area contributed by atoms with Gasteiger partial charge in [-0.15, -0.1) is 0 Å². The first-order chi connectivity index (χ1) is 9.16. The fourth-order valence-electron chi connectivity index (χ4n) is 3.25. The number of rotatable bonds is 3. The maximum absolute atomic E-state index is 11.9. The van der Waals surface area contributed by atoms with E-state index < -0.39 is 11.9 Å². The number of urea groups is 1. The molecule has 0 bridgehead atoms. The SMILES string of the molecule is O=C(NC1CCCCCC1)NC1CCCC1C(=O)O. The van der Waals surface area contributed by atoms with Crippen molar-refractivity contribution in [3.8, 4) is 0 Å². The lowest BCUT2D eigenvalue weighted by atomic mass is 10.0. The van der Waals surface area contributed by atoms with Crippen LogP contribution in [0.2, 0.25) is 0 Å². The summed E-state index contributed by atoms with van der Waals surface area (Å²) in [5.74, 6) is -1.21. The summed E-state index contributed by atoms with van der Waals surface area (Å²) in [6.07, 6.45) is 9.26. The molecule has 2 aliphatic carbocycles. The van der Waals surface area contributed by atoms with E-state index >= 15 is 0 Å². The second kappa shape index (κ2) is 6.78. The van der Waals surface area contributed by atoms with Crippen LogP contribution in [0, 0.1) is 5.92 Å². The quantitative estimate of drug-likeness (QED) is 0.687. The van der Waals surface area contributed by atoms with E-state index in [4.69, 9.17) is 5.11 Å². The predicted octanol–water partition coefficient (Wildman–Crippen LogP) is 2.26. The van der Waals surface area contributed by atoms with Crippen molar-refractivity contribution >= 4 is 12.0 Å². The summed E-state index contributed by atoms with van der Waals surface area (Å²) >= 11 is 0. The summed E-state index contributed by atoms with van der Waals surface area (Å²) in [4.78, 5) is 23.0. The Hall–Kier alpha value is -1.26. The Morgan fingerprint density at radius 1 is 0.842 bits per heavy atom. The molecule has 0 spiro atoms. The molecule has 2 unspecified atom stereocenters. The van der Waals surface area contributed by atoms with Crippen molar-refractivity contribution in [3.63, 3.8) is 0 Å². The zero-order chi connectivity index (χ0) is 13.7. The van der Waals surface area contributed by atoms with Gasteiger partial charge in [0.2, 0.25) is 0 Å². The van der Waals surface area contributed by atoms with Crippen molar-refractivity contribution in [2.75, 3.05) is 0 Å². The van der Waals surface area contributed by atoms with Crippen LogP contribution in [0.5, 0.6) is 0 Å². The van der Waals surface area contributed by atoms with Gasteiger partial charge in [0.25, 0.3) is 0 Å². The molecule has 2 aliphatic rings. The molecule has 2 atom stereocenters. The molecule has 2 saturated carbocycles. The van der Waals surface area contributed by atoms with E-state index in [2.05, 4.69) is 10.6 Å². The molecule has 0 saturated heterocycles. The van der Waals surface area contributed by atoms with Gasteiger partial charge in [0.1, 0.15) is 0 Å². The standard InChI is InChI=1S/C14H24N2O3/c17-13(18)11-8-5-9-12(11)16-14(19)15-10-6-3-1-2-4-7-10/h10-12H,1-9H2,(H,17,18)(H2,15,16,19). The van der Waals surface area contributed by atoms with E-state index in [0.717, 1.165) is 25.7 Å². The molecule has 2 amide bonds. The first kappa shape index (κ1) is 14.2. The summed E-state index contributed by atoms with van der Waals surface area (Å²) in [5, 5.41) is 14.9. The molecule has 0 heterocycles. The number of aliphatic carboxylic acids is 1. The average Bonchev–Trinajstić information content (AvgIpc) is 2.66. The van der Waals surface area contributed by atoms with Crippen molar-refractivity contribution < 1.29 is 14.7 Å². The Labute approximate surface area is 114 Å². The smallest absolute Gasteiger partial charge is 0.315 e. The Morgan fingerprint density at radius 3 is 2.16 bits per heavy atom. The van der Waals surface area contributed by atoms with Crippen LogP contribution >= 0.6 is 0 Å². The minimum absolute atomic E-state index is 0.190.